The molecule has 0 N–H and O–H groups in total. The maximum Gasteiger partial charge on any atom is 0.137 e. The molecule has 1 unspecified atom stereocenters. The molecule has 0 spiro atoms. The first kappa shape index (κ1) is 39.8. The molecule has 0 bridgehead atoms. The Kier molecular flexibility index (Phi) is 17.7. The number of rotatable bonds is 3. The Balaban J connectivity index is 0.000000311. The number of benzene rings is 3. The van der Waals surface area contributed by atoms with Gasteiger partial charge < -0.3 is 13.9 Å². The van der Waals surface area contributed by atoms with E-state index in [0.29, 0.717) is 29.6 Å². The lowest BCUT2D eigenvalue weighted by Gasteiger charge is -2.12. The molecule has 4 aromatic rings. The van der Waals surface area contributed by atoms with Gasteiger partial charge in [0, 0.05) is 33.9 Å². The maximum atomic E-state index is 5.70. The molecule has 3 nitrogen and oxygen atoms in total. The molecule has 0 saturated heterocycles. The van der Waals surface area contributed by atoms with Crippen LogP contribution in [0.15, 0.2) is 65.3 Å². The second-order valence-electron chi connectivity index (χ2n) is 12.1. The lowest BCUT2D eigenvalue weighted by molar-refractivity contribution is 0.302. The second-order valence-corrected chi connectivity index (χ2v) is 12.1. The van der Waals surface area contributed by atoms with Gasteiger partial charge in [-0.2, -0.15) is 0 Å². The molecule has 2 aliphatic heterocycles. The smallest absolute Gasteiger partial charge is 0.137 e. The standard InChI is InChI=1S/2C12H16O.C12H14O.3C2H6/c3*1-8(2)11-7-13-12-9(3)5-4-6-10(11)12;3*1-2/h2*4-6,8,11H,7H2,1-3H3;4-8H,1-3H3;3*1-2H3/t11-;;;;;/m0...../s1. The minimum atomic E-state index is 0.531. The molecule has 250 valence electrons. The number of fused-ring (bicyclic) bond motifs is 3. The summed E-state index contributed by atoms with van der Waals surface area (Å²) < 4.78 is 16.9. The van der Waals surface area contributed by atoms with Crippen LogP contribution in [0.5, 0.6) is 11.5 Å². The highest BCUT2D eigenvalue weighted by atomic mass is 16.5. The Morgan fingerprint density at radius 3 is 1.36 bits per heavy atom. The minimum Gasteiger partial charge on any atom is -0.492 e. The first-order chi connectivity index (χ1) is 21.6. The Hall–Kier alpha value is -3.20. The van der Waals surface area contributed by atoms with Crippen molar-refractivity contribution in [3.05, 3.63) is 94.2 Å². The average molecular weight is 617 g/mol. The Bertz CT molecular complexity index is 1330. The SMILES string of the molecule is CC.CC.CC.Cc1cccc2c(C(C)C)coc12.Cc1cccc2c1OCC2C(C)C.Cc1cccc2c1OC[C@H]2C(C)C. The third kappa shape index (κ3) is 10.1. The van der Waals surface area contributed by atoms with Crippen molar-refractivity contribution in [1.82, 2.24) is 0 Å². The number of hydrogen-bond donors (Lipinski definition) is 0. The largest absolute Gasteiger partial charge is 0.492 e. The summed E-state index contributed by atoms with van der Waals surface area (Å²) >= 11 is 0. The minimum absolute atomic E-state index is 0.531. The van der Waals surface area contributed by atoms with Crippen LogP contribution in [-0.2, 0) is 0 Å². The lowest BCUT2D eigenvalue weighted by atomic mass is 9.90. The number of ether oxygens (including phenoxy) is 2. The predicted molar refractivity (Wildman–Crippen MR) is 198 cm³/mol. The van der Waals surface area contributed by atoms with Crippen molar-refractivity contribution >= 4 is 11.0 Å². The topological polar surface area (TPSA) is 31.6 Å². The normalized spacial score (nSPS) is 15.3. The van der Waals surface area contributed by atoms with E-state index in [9.17, 15) is 0 Å². The van der Waals surface area contributed by atoms with Crippen molar-refractivity contribution in [2.24, 2.45) is 11.8 Å². The van der Waals surface area contributed by atoms with E-state index in [0.717, 1.165) is 30.3 Å². The zero-order valence-corrected chi connectivity index (χ0v) is 31.3. The zero-order valence-electron chi connectivity index (χ0n) is 31.3. The van der Waals surface area contributed by atoms with Crippen LogP contribution in [0, 0.1) is 32.6 Å². The third-order valence-electron chi connectivity index (χ3n) is 8.16. The molecule has 0 radical (unpaired) electrons. The number of aryl methyl sites for hydroxylation is 3. The molecule has 0 amide bonds. The van der Waals surface area contributed by atoms with Crippen LogP contribution in [0.1, 0.15) is 134 Å². The van der Waals surface area contributed by atoms with Gasteiger partial charge in [0.2, 0.25) is 0 Å². The van der Waals surface area contributed by atoms with E-state index in [-0.39, 0.29) is 0 Å². The van der Waals surface area contributed by atoms with E-state index in [2.05, 4.69) is 117 Å². The van der Waals surface area contributed by atoms with E-state index in [1.807, 2.05) is 47.8 Å². The number of hydrogen-bond acceptors (Lipinski definition) is 3. The molecule has 2 atom stereocenters. The summed E-state index contributed by atoms with van der Waals surface area (Å²) in [6.07, 6.45) is 1.88. The van der Waals surface area contributed by atoms with Crippen LogP contribution < -0.4 is 9.47 Å². The van der Waals surface area contributed by atoms with Gasteiger partial charge in [0.1, 0.15) is 17.1 Å². The summed E-state index contributed by atoms with van der Waals surface area (Å²) in [5.41, 5.74) is 8.88. The van der Waals surface area contributed by atoms with Crippen LogP contribution in [0.3, 0.4) is 0 Å². The molecule has 3 aromatic carbocycles. The molecule has 3 heterocycles. The highest BCUT2D eigenvalue weighted by Crippen LogP contribution is 2.41. The Morgan fingerprint density at radius 1 is 0.556 bits per heavy atom. The highest BCUT2D eigenvalue weighted by molar-refractivity contribution is 5.84. The fourth-order valence-corrected chi connectivity index (χ4v) is 5.63. The van der Waals surface area contributed by atoms with E-state index in [1.54, 1.807) is 0 Å². The molecule has 0 saturated carbocycles. The number of furan rings is 1. The van der Waals surface area contributed by atoms with Crippen molar-refractivity contribution in [2.75, 3.05) is 13.2 Å². The van der Waals surface area contributed by atoms with Gasteiger partial charge in [-0.3, -0.25) is 0 Å². The molecule has 0 fully saturated rings. The van der Waals surface area contributed by atoms with Gasteiger partial charge in [0.25, 0.3) is 0 Å². The monoisotopic (exact) mass is 616 g/mol. The predicted octanol–water partition coefficient (Wildman–Crippen LogP) is 13.2. The fourth-order valence-electron chi connectivity index (χ4n) is 5.63. The summed E-state index contributed by atoms with van der Waals surface area (Å²) in [4.78, 5) is 0. The van der Waals surface area contributed by atoms with Crippen LogP contribution >= 0.6 is 0 Å². The highest BCUT2D eigenvalue weighted by Gasteiger charge is 2.28. The Labute approximate surface area is 276 Å². The quantitative estimate of drug-likeness (QED) is 0.229. The summed E-state index contributed by atoms with van der Waals surface area (Å²) in [5, 5.41) is 1.26. The molecule has 45 heavy (non-hydrogen) atoms. The molecule has 0 aliphatic carbocycles. The molecular weight excluding hydrogens is 552 g/mol. The molecule has 1 aromatic heterocycles. The van der Waals surface area contributed by atoms with E-state index >= 15 is 0 Å². The Morgan fingerprint density at radius 2 is 0.956 bits per heavy atom. The average Bonchev–Trinajstić information content (AvgIpc) is 3.79. The summed E-state index contributed by atoms with van der Waals surface area (Å²) in [5.74, 6) is 5.31. The molecule has 3 heteroatoms. The summed E-state index contributed by atoms with van der Waals surface area (Å²) in [6, 6.07) is 19.1. The van der Waals surface area contributed by atoms with Gasteiger partial charge in [0.05, 0.1) is 19.5 Å². The molecular formula is C42H64O3. The van der Waals surface area contributed by atoms with Gasteiger partial charge in [-0.15, -0.1) is 0 Å². The van der Waals surface area contributed by atoms with Crippen LogP contribution in [0.25, 0.3) is 11.0 Å². The van der Waals surface area contributed by atoms with Crippen molar-refractivity contribution in [3.8, 4) is 11.5 Å². The van der Waals surface area contributed by atoms with Crippen LogP contribution in [-0.4, -0.2) is 13.2 Å². The fraction of sp³-hybridized carbons (Fsp3) is 0.524. The van der Waals surface area contributed by atoms with Gasteiger partial charge in [-0.05, 0) is 55.2 Å². The maximum absolute atomic E-state index is 5.70. The van der Waals surface area contributed by atoms with E-state index in [1.165, 1.54) is 38.8 Å². The van der Waals surface area contributed by atoms with Gasteiger partial charge in [-0.25, -0.2) is 0 Å². The third-order valence-corrected chi connectivity index (χ3v) is 8.16. The van der Waals surface area contributed by atoms with Gasteiger partial charge >= 0.3 is 0 Å². The van der Waals surface area contributed by atoms with Crippen LogP contribution in [0.4, 0.5) is 0 Å². The lowest BCUT2D eigenvalue weighted by Crippen LogP contribution is -2.07. The zero-order chi connectivity index (χ0) is 34.3. The number of para-hydroxylation sites is 3. The van der Waals surface area contributed by atoms with Gasteiger partial charge in [0.15, 0.2) is 0 Å². The first-order valence-corrected chi connectivity index (χ1v) is 17.5. The van der Waals surface area contributed by atoms with E-state index in [4.69, 9.17) is 13.9 Å². The second kappa shape index (κ2) is 20.0. The van der Waals surface area contributed by atoms with Crippen molar-refractivity contribution in [1.29, 1.82) is 0 Å². The van der Waals surface area contributed by atoms with E-state index < -0.39 is 0 Å². The van der Waals surface area contributed by atoms with Crippen molar-refractivity contribution in [3.63, 3.8) is 0 Å². The first-order valence-electron chi connectivity index (χ1n) is 17.5. The summed E-state index contributed by atoms with van der Waals surface area (Å²) in [7, 11) is 0. The molecule has 2 aliphatic rings. The van der Waals surface area contributed by atoms with Crippen molar-refractivity contribution in [2.45, 2.75) is 122 Å². The summed E-state index contributed by atoms with van der Waals surface area (Å²) in [6.45, 7) is 33.4. The molecule has 6 rings (SSSR count). The van der Waals surface area contributed by atoms with Gasteiger partial charge in [-0.1, -0.05) is 138 Å². The van der Waals surface area contributed by atoms with Crippen molar-refractivity contribution < 1.29 is 13.9 Å². The van der Waals surface area contributed by atoms with Crippen LogP contribution in [0.2, 0.25) is 0 Å².